The number of benzene rings is 1. The molecule has 5 heterocycles. The average Bonchev–Trinajstić information content (AvgIpc) is 3.61. The van der Waals surface area contributed by atoms with E-state index in [4.69, 9.17) is 4.98 Å². The highest BCUT2D eigenvalue weighted by atomic mass is 32.1. The van der Waals surface area contributed by atoms with Gasteiger partial charge in [0.25, 0.3) is 0 Å². The number of nitrogens with zero attached hydrogens (tertiary/aromatic N) is 6. The van der Waals surface area contributed by atoms with Crippen LogP contribution in [0.3, 0.4) is 0 Å². The summed E-state index contributed by atoms with van der Waals surface area (Å²) in [6, 6.07) is 14.1. The van der Waals surface area contributed by atoms with E-state index in [1.165, 1.54) is 0 Å². The van der Waals surface area contributed by atoms with Gasteiger partial charge in [-0.05, 0) is 36.8 Å². The summed E-state index contributed by atoms with van der Waals surface area (Å²) in [5, 5.41) is 2.15. The van der Waals surface area contributed by atoms with Crippen molar-refractivity contribution in [3.8, 4) is 11.5 Å². The number of rotatable bonds is 5. The standard InChI is InChI=1S/C25H25N7OS/c1-2-18-14-31(25-22(27-16-34-25)23-28-19-7-3-4-8-20(19)29-23)12-13-32(18)21(33)15-30-11-9-17-6-5-10-26-24(17)30/h3-11,16,18H,2,12-15H2,1H3,(H,28,29). The van der Waals surface area contributed by atoms with Gasteiger partial charge in [0.15, 0.2) is 5.82 Å². The molecule has 1 unspecified atom stereocenters. The summed E-state index contributed by atoms with van der Waals surface area (Å²) in [6.07, 6.45) is 4.61. The number of nitrogens with one attached hydrogen (secondary N) is 1. The number of piperazine rings is 1. The summed E-state index contributed by atoms with van der Waals surface area (Å²) in [5.41, 5.74) is 5.54. The predicted molar refractivity (Wildman–Crippen MR) is 135 cm³/mol. The molecular weight excluding hydrogens is 446 g/mol. The van der Waals surface area contributed by atoms with Crippen molar-refractivity contribution < 1.29 is 4.79 Å². The number of hydrogen-bond acceptors (Lipinski definition) is 6. The topological polar surface area (TPSA) is 82.9 Å². The Morgan fingerprint density at radius 3 is 2.94 bits per heavy atom. The monoisotopic (exact) mass is 471 g/mol. The maximum atomic E-state index is 13.3. The van der Waals surface area contributed by atoms with Gasteiger partial charge in [-0.25, -0.2) is 15.0 Å². The van der Waals surface area contributed by atoms with Crippen molar-refractivity contribution in [2.24, 2.45) is 0 Å². The fourth-order valence-electron chi connectivity index (χ4n) is 4.79. The molecule has 9 heteroatoms. The van der Waals surface area contributed by atoms with E-state index in [1.54, 1.807) is 17.5 Å². The van der Waals surface area contributed by atoms with Crippen LogP contribution in [0.15, 0.2) is 60.4 Å². The van der Waals surface area contributed by atoms with Crippen LogP contribution in [-0.2, 0) is 11.3 Å². The van der Waals surface area contributed by atoms with Crippen molar-refractivity contribution in [1.29, 1.82) is 0 Å². The van der Waals surface area contributed by atoms with E-state index < -0.39 is 0 Å². The van der Waals surface area contributed by atoms with Crippen LogP contribution in [0.25, 0.3) is 33.6 Å². The SMILES string of the molecule is CCC1CN(c2scnc2-c2nc3ccccc3[nH]2)CCN1C(=O)Cn1ccc2cccnc21. The van der Waals surface area contributed by atoms with Crippen LogP contribution < -0.4 is 4.90 Å². The Balaban J connectivity index is 1.21. The van der Waals surface area contributed by atoms with Gasteiger partial charge in [-0.15, -0.1) is 11.3 Å². The Hall–Kier alpha value is -3.72. The van der Waals surface area contributed by atoms with Crippen molar-refractivity contribution in [1.82, 2.24) is 29.4 Å². The number of aromatic nitrogens is 5. The highest BCUT2D eigenvalue weighted by Gasteiger charge is 2.31. The molecule has 0 radical (unpaired) electrons. The Morgan fingerprint density at radius 1 is 1.15 bits per heavy atom. The van der Waals surface area contributed by atoms with Crippen LogP contribution in [0.2, 0.25) is 0 Å². The number of carbonyl (C=O) groups excluding carboxylic acids is 1. The third-order valence-electron chi connectivity index (χ3n) is 6.55. The molecule has 0 aliphatic carbocycles. The van der Waals surface area contributed by atoms with Crippen molar-refractivity contribution in [3.63, 3.8) is 0 Å². The third-order valence-corrected chi connectivity index (χ3v) is 7.44. The zero-order chi connectivity index (χ0) is 23.1. The number of fused-ring (bicyclic) bond motifs is 2. The zero-order valence-corrected chi connectivity index (χ0v) is 19.7. The summed E-state index contributed by atoms with van der Waals surface area (Å²) >= 11 is 1.63. The number of anilines is 1. The lowest BCUT2D eigenvalue weighted by Gasteiger charge is -2.41. The first-order valence-electron chi connectivity index (χ1n) is 11.5. The molecule has 1 amide bonds. The van der Waals surface area contributed by atoms with Crippen molar-refractivity contribution in [3.05, 3.63) is 60.4 Å². The first-order valence-corrected chi connectivity index (χ1v) is 12.4. The second-order valence-electron chi connectivity index (χ2n) is 8.56. The summed E-state index contributed by atoms with van der Waals surface area (Å²) < 4.78 is 1.94. The molecule has 1 aromatic carbocycles. The van der Waals surface area contributed by atoms with Crippen LogP contribution in [0.4, 0.5) is 5.00 Å². The molecule has 1 atom stereocenters. The lowest BCUT2D eigenvalue weighted by molar-refractivity contribution is -0.134. The van der Waals surface area contributed by atoms with Gasteiger partial charge in [-0.1, -0.05) is 19.1 Å². The van der Waals surface area contributed by atoms with E-state index in [0.29, 0.717) is 13.1 Å². The van der Waals surface area contributed by atoms with Gasteiger partial charge in [0, 0.05) is 43.5 Å². The molecule has 1 fully saturated rings. The largest absolute Gasteiger partial charge is 0.358 e. The molecule has 1 aliphatic rings. The average molecular weight is 472 g/mol. The van der Waals surface area contributed by atoms with Crippen molar-refractivity contribution in [2.45, 2.75) is 25.9 Å². The Kier molecular flexibility index (Phi) is 5.26. The Bertz CT molecular complexity index is 1440. The summed E-state index contributed by atoms with van der Waals surface area (Å²) in [5.74, 6) is 0.924. The molecule has 5 aromatic rings. The second-order valence-corrected chi connectivity index (χ2v) is 9.40. The number of hydrogen-bond donors (Lipinski definition) is 1. The number of carbonyl (C=O) groups is 1. The summed E-state index contributed by atoms with van der Waals surface area (Å²) in [4.78, 5) is 34.9. The van der Waals surface area contributed by atoms with Crippen LogP contribution in [0.5, 0.6) is 0 Å². The number of pyridine rings is 1. The van der Waals surface area contributed by atoms with E-state index in [9.17, 15) is 4.79 Å². The fraction of sp³-hybridized carbons (Fsp3) is 0.280. The highest BCUT2D eigenvalue weighted by molar-refractivity contribution is 7.14. The minimum absolute atomic E-state index is 0.136. The molecule has 1 saturated heterocycles. The number of aromatic amines is 1. The molecule has 4 aromatic heterocycles. The van der Waals surface area contributed by atoms with Crippen LogP contribution in [0, 0.1) is 0 Å². The van der Waals surface area contributed by atoms with Gasteiger partial charge >= 0.3 is 0 Å². The molecule has 172 valence electrons. The maximum absolute atomic E-state index is 13.3. The van der Waals surface area contributed by atoms with E-state index in [2.05, 4.69) is 26.8 Å². The number of thiazole rings is 1. The van der Waals surface area contributed by atoms with E-state index in [-0.39, 0.29) is 11.9 Å². The summed E-state index contributed by atoms with van der Waals surface area (Å²) in [7, 11) is 0. The number of amides is 1. The first kappa shape index (κ1) is 20.9. The lowest BCUT2D eigenvalue weighted by Crippen LogP contribution is -2.55. The number of imidazole rings is 1. The molecule has 1 aliphatic heterocycles. The van der Waals surface area contributed by atoms with Gasteiger partial charge in [0.2, 0.25) is 5.91 Å². The Labute approximate surface area is 200 Å². The fourth-order valence-corrected chi connectivity index (χ4v) is 5.63. The maximum Gasteiger partial charge on any atom is 0.242 e. The lowest BCUT2D eigenvalue weighted by atomic mass is 10.1. The smallest absolute Gasteiger partial charge is 0.242 e. The third kappa shape index (κ3) is 3.62. The molecular formula is C25H25N7OS. The molecule has 6 rings (SSSR count). The molecule has 1 N–H and O–H groups in total. The van der Waals surface area contributed by atoms with Crippen LogP contribution in [-0.4, -0.2) is 61.0 Å². The Morgan fingerprint density at radius 2 is 2.06 bits per heavy atom. The van der Waals surface area contributed by atoms with Crippen LogP contribution >= 0.6 is 11.3 Å². The van der Waals surface area contributed by atoms with Gasteiger partial charge in [0.1, 0.15) is 22.9 Å². The van der Waals surface area contributed by atoms with Gasteiger partial charge in [0.05, 0.1) is 16.5 Å². The normalized spacial score (nSPS) is 16.6. The second kappa shape index (κ2) is 8.57. The molecule has 8 nitrogen and oxygen atoms in total. The van der Waals surface area contributed by atoms with Gasteiger partial charge in [-0.2, -0.15) is 0 Å². The van der Waals surface area contributed by atoms with Crippen LogP contribution in [0.1, 0.15) is 13.3 Å². The quantitative estimate of drug-likeness (QED) is 0.416. The summed E-state index contributed by atoms with van der Waals surface area (Å²) in [6.45, 7) is 4.68. The van der Waals surface area contributed by atoms with E-state index in [0.717, 1.165) is 58.1 Å². The van der Waals surface area contributed by atoms with Crippen molar-refractivity contribution in [2.75, 3.05) is 24.5 Å². The molecule has 34 heavy (non-hydrogen) atoms. The molecule has 0 saturated carbocycles. The van der Waals surface area contributed by atoms with Crippen molar-refractivity contribution >= 4 is 44.3 Å². The minimum Gasteiger partial charge on any atom is -0.358 e. The molecule has 0 bridgehead atoms. The predicted octanol–water partition coefficient (Wildman–Crippen LogP) is 4.16. The first-order chi connectivity index (χ1) is 16.7. The minimum atomic E-state index is 0.136. The number of para-hydroxylation sites is 2. The van der Waals surface area contributed by atoms with E-state index in [1.807, 2.05) is 63.6 Å². The molecule has 0 spiro atoms. The zero-order valence-electron chi connectivity index (χ0n) is 18.9. The highest BCUT2D eigenvalue weighted by Crippen LogP contribution is 2.34. The van der Waals surface area contributed by atoms with Gasteiger partial charge in [-0.3, -0.25) is 4.79 Å². The van der Waals surface area contributed by atoms with E-state index >= 15 is 0 Å². The van der Waals surface area contributed by atoms with Gasteiger partial charge < -0.3 is 19.4 Å². The number of H-pyrrole nitrogens is 1.